The molecule has 0 fully saturated rings. The Balaban J connectivity index is 2.16. The first-order valence-electron chi connectivity index (χ1n) is 7.20. The lowest BCUT2D eigenvalue weighted by Gasteiger charge is -2.09. The van der Waals surface area contributed by atoms with Crippen LogP contribution in [0.2, 0.25) is 10.0 Å². The molecule has 2 aromatic carbocycles. The van der Waals surface area contributed by atoms with Gasteiger partial charge in [-0.2, -0.15) is 5.10 Å². The molecule has 0 aliphatic heterocycles. The first kappa shape index (κ1) is 15.1. The van der Waals surface area contributed by atoms with Crippen LogP contribution in [0.25, 0.3) is 16.9 Å². The quantitative estimate of drug-likeness (QED) is 0.600. The van der Waals surface area contributed by atoms with Gasteiger partial charge in [-0.25, -0.2) is 4.68 Å². The van der Waals surface area contributed by atoms with Gasteiger partial charge in [-0.3, -0.25) is 0 Å². The lowest BCUT2D eigenvalue weighted by molar-refractivity contribution is 0.846. The molecule has 0 spiro atoms. The number of hydrogen-bond donors (Lipinski definition) is 0. The molecule has 3 rings (SSSR count). The molecule has 0 aliphatic rings. The molecule has 0 radical (unpaired) electrons. The van der Waals surface area contributed by atoms with Crippen molar-refractivity contribution < 1.29 is 0 Å². The summed E-state index contributed by atoms with van der Waals surface area (Å²) in [6, 6.07) is 16.1. The standard InChI is InChI=1S/C18H16Cl2N2/c1-3-14-11-18(13-6-9-16(19)17(20)10-13)22(21-14)15-7-4-12(2)5-8-15/h4-11H,3H2,1-2H3. The monoisotopic (exact) mass is 330 g/mol. The van der Waals surface area contributed by atoms with Crippen molar-refractivity contribution in [2.75, 3.05) is 0 Å². The van der Waals surface area contributed by atoms with Crippen molar-refractivity contribution in [3.63, 3.8) is 0 Å². The molecule has 0 aliphatic carbocycles. The van der Waals surface area contributed by atoms with E-state index in [0.29, 0.717) is 10.0 Å². The first-order chi connectivity index (χ1) is 10.6. The van der Waals surface area contributed by atoms with Crippen molar-refractivity contribution in [2.45, 2.75) is 20.3 Å². The lowest BCUT2D eigenvalue weighted by Crippen LogP contribution is -1.99. The van der Waals surface area contributed by atoms with E-state index in [9.17, 15) is 0 Å². The third-order valence-corrected chi connectivity index (χ3v) is 4.36. The van der Waals surface area contributed by atoms with Gasteiger partial charge in [0.05, 0.1) is 27.1 Å². The Kier molecular flexibility index (Phi) is 4.23. The number of rotatable bonds is 3. The third kappa shape index (κ3) is 2.90. The van der Waals surface area contributed by atoms with E-state index in [4.69, 9.17) is 28.3 Å². The fourth-order valence-electron chi connectivity index (χ4n) is 2.35. The van der Waals surface area contributed by atoms with E-state index < -0.39 is 0 Å². The van der Waals surface area contributed by atoms with E-state index >= 15 is 0 Å². The van der Waals surface area contributed by atoms with Gasteiger partial charge >= 0.3 is 0 Å². The highest BCUT2D eigenvalue weighted by Gasteiger charge is 2.12. The molecule has 22 heavy (non-hydrogen) atoms. The van der Waals surface area contributed by atoms with Gasteiger partial charge in [-0.05, 0) is 43.7 Å². The number of aromatic nitrogens is 2. The Morgan fingerprint density at radius 3 is 2.32 bits per heavy atom. The van der Waals surface area contributed by atoms with Gasteiger partial charge in [0.2, 0.25) is 0 Å². The van der Waals surface area contributed by atoms with Crippen molar-refractivity contribution in [1.82, 2.24) is 9.78 Å². The SMILES string of the molecule is CCc1cc(-c2ccc(Cl)c(Cl)c2)n(-c2ccc(C)cc2)n1. The van der Waals surface area contributed by atoms with Gasteiger partial charge < -0.3 is 0 Å². The Hall–Kier alpha value is -1.77. The van der Waals surface area contributed by atoms with E-state index in [-0.39, 0.29) is 0 Å². The summed E-state index contributed by atoms with van der Waals surface area (Å²) in [6.07, 6.45) is 0.882. The molecule has 1 aromatic heterocycles. The maximum atomic E-state index is 6.16. The molecule has 3 aromatic rings. The summed E-state index contributed by atoms with van der Waals surface area (Å²) in [5.41, 5.74) is 5.32. The molecular weight excluding hydrogens is 315 g/mol. The number of nitrogens with zero attached hydrogens (tertiary/aromatic N) is 2. The van der Waals surface area contributed by atoms with Crippen LogP contribution in [-0.2, 0) is 6.42 Å². The van der Waals surface area contributed by atoms with Gasteiger partial charge in [-0.15, -0.1) is 0 Å². The van der Waals surface area contributed by atoms with Crippen molar-refractivity contribution in [3.8, 4) is 16.9 Å². The van der Waals surface area contributed by atoms with Crippen LogP contribution in [0.1, 0.15) is 18.2 Å². The zero-order chi connectivity index (χ0) is 15.7. The summed E-state index contributed by atoms with van der Waals surface area (Å²) in [5.74, 6) is 0. The zero-order valence-corrected chi connectivity index (χ0v) is 14.0. The molecule has 0 bridgehead atoms. The predicted octanol–water partition coefficient (Wildman–Crippen LogP) is 5.72. The highest BCUT2D eigenvalue weighted by molar-refractivity contribution is 6.42. The normalized spacial score (nSPS) is 10.9. The summed E-state index contributed by atoms with van der Waals surface area (Å²) in [6.45, 7) is 4.17. The topological polar surface area (TPSA) is 17.8 Å². The average molecular weight is 331 g/mol. The summed E-state index contributed by atoms with van der Waals surface area (Å²) in [4.78, 5) is 0. The van der Waals surface area contributed by atoms with Gasteiger partial charge in [0.25, 0.3) is 0 Å². The fraction of sp³-hybridized carbons (Fsp3) is 0.167. The number of benzene rings is 2. The Bertz CT molecular complexity index is 804. The van der Waals surface area contributed by atoms with Gasteiger partial charge in [0.15, 0.2) is 0 Å². The van der Waals surface area contributed by atoms with Crippen molar-refractivity contribution in [1.29, 1.82) is 0 Å². The maximum Gasteiger partial charge on any atom is 0.0744 e. The van der Waals surface area contributed by atoms with Crippen LogP contribution in [0.3, 0.4) is 0 Å². The number of aryl methyl sites for hydroxylation is 2. The van der Waals surface area contributed by atoms with Gasteiger partial charge in [-0.1, -0.05) is 53.9 Å². The molecule has 4 heteroatoms. The van der Waals surface area contributed by atoms with E-state index in [0.717, 1.165) is 29.1 Å². The van der Waals surface area contributed by atoms with Gasteiger partial charge in [0, 0.05) is 5.56 Å². The average Bonchev–Trinajstić information content (AvgIpc) is 2.95. The molecule has 0 atom stereocenters. The molecular formula is C18H16Cl2N2. The van der Waals surface area contributed by atoms with E-state index in [1.54, 1.807) is 0 Å². The van der Waals surface area contributed by atoms with Crippen LogP contribution < -0.4 is 0 Å². The minimum Gasteiger partial charge on any atom is -0.233 e. The van der Waals surface area contributed by atoms with Crippen molar-refractivity contribution >= 4 is 23.2 Å². The Labute approximate surface area is 140 Å². The minimum absolute atomic E-state index is 0.550. The highest BCUT2D eigenvalue weighted by atomic mass is 35.5. The van der Waals surface area contributed by atoms with Gasteiger partial charge in [0.1, 0.15) is 0 Å². The highest BCUT2D eigenvalue weighted by Crippen LogP contribution is 2.30. The van der Waals surface area contributed by atoms with Crippen molar-refractivity contribution in [2.24, 2.45) is 0 Å². The molecule has 0 N–H and O–H groups in total. The molecule has 0 amide bonds. The minimum atomic E-state index is 0.550. The van der Waals surface area contributed by atoms with Crippen LogP contribution in [-0.4, -0.2) is 9.78 Å². The van der Waals surface area contributed by atoms with Crippen LogP contribution in [0.15, 0.2) is 48.5 Å². The van der Waals surface area contributed by atoms with E-state index in [1.165, 1.54) is 5.56 Å². The summed E-state index contributed by atoms with van der Waals surface area (Å²) in [5, 5.41) is 5.81. The molecule has 2 nitrogen and oxygen atoms in total. The molecule has 1 heterocycles. The van der Waals surface area contributed by atoms with E-state index in [1.807, 2.05) is 22.9 Å². The molecule has 112 valence electrons. The van der Waals surface area contributed by atoms with Crippen LogP contribution >= 0.6 is 23.2 Å². The second-order valence-electron chi connectivity index (χ2n) is 5.25. The Morgan fingerprint density at radius 1 is 0.955 bits per heavy atom. The third-order valence-electron chi connectivity index (χ3n) is 3.62. The zero-order valence-electron chi connectivity index (χ0n) is 12.5. The Morgan fingerprint density at radius 2 is 1.68 bits per heavy atom. The smallest absolute Gasteiger partial charge is 0.0744 e. The molecule has 0 saturated heterocycles. The molecule has 0 unspecified atom stereocenters. The first-order valence-corrected chi connectivity index (χ1v) is 7.95. The second kappa shape index (κ2) is 6.15. The summed E-state index contributed by atoms with van der Waals surface area (Å²) >= 11 is 12.2. The number of hydrogen-bond acceptors (Lipinski definition) is 1. The number of halogens is 2. The largest absolute Gasteiger partial charge is 0.233 e. The summed E-state index contributed by atoms with van der Waals surface area (Å²) in [7, 11) is 0. The second-order valence-corrected chi connectivity index (χ2v) is 6.07. The van der Waals surface area contributed by atoms with Crippen LogP contribution in [0.4, 0.5) is 0 Å². The maximum absolute atomic E-state index is 6.16. The lowest BCUT2D eigenvalue weighted by atomic mass is 10.1. The predicted molar refractivity (Wildman–Crippen MR) is 93.1 cm³/mol. The van der Waals surface area contributed by atoms with Crippen LogP contribution in [0.5, 0.6) is 0 Å². The van der Waals surface area contributed by atoms with Crippen molar-refractivity contribution in [3.05, 3.63) is 69.8 Å². The molecule has 0 saturated carbocycles. The fourth-order valence-corrected chi connectivity index (χ4v) is 2.64. The van der Waals surface area contributed by atoms with Crippen LogP contribution in [0, 0.1) is 6.92 Å². The summed E-state index contributed by atoms with van der Waals surface area (Å²) < 4.78 is 1.96. The van der Waals surface area contributed by atoms with E-state index in [2.05, 4.69) is 44.2 Å².